The number of anilines is 1. The predicted octanol–water partition coefficient (Wildman–Crippen LogP) is 2.61. The zero-order chi connectivity index (χ0) is 17.2. The first-order valence-electron chi connectivity index (χ1n) is 7.78. The van der Waals surface area contributed by atoms with E-state index in [9.17, 15) is 8.42 Å². The normalized spacial score (nSPS) is 22.2. The Kier molecular flexibility index (Phi) is 5.65. The summed E-state index contributed by atoms with van der Waals surface area (Å²) in [4.78, 5) is 2.43. The van der Waals surface area contributed by atoms with Gasteiger partial charge in [0.05, 0.1) is 4.90 Å². The number of nitrogens with one attached hydrogen (secondary N) is 1. The first kappa shape index (κ1) is 18.2. The van der Waals surface area contributed by atoms with E-state index in [4.69, 9.17) is 12.2 Å². The van der Waals surface area contributed by atoms with Gasteiger partial charge in [0.1, 0.15) is 0 Å². The van der Waals surface area contributed by atoms with E-state index in [-0.39, 0.29) is 4.90 Å². The van der Waals surface area contributed by atoms with E-state index >= 15 is 0 Å². The standard InChI is InChI=1S/C16H25N3O2S2/c1-12-8-13(2)11-19(10-12)16(22)17-14-6-5-7-15(9-14)23(20,21)18(3)4/h5-7,9,12-13H,8,10-11H2,1-4H3,(H,17,22). The van der Waals surface area contributed by atoms with Gasteiger partial charge in [0.15, 0.2) is 5.11 Å². The molecule has 2 rings (SSSR count). The number of thiocarbonyl (C=S) groups is 1. The number of piperidine rings is 1. The van der Waals surface area contributed by atoms with E-state index in [0.717, 1.165) is 13.1 Å². The van der Waals surface area contributed by atoms with Gasteiger partial charge in [-0.05, 0) is 48.7 Å². The van der Waals surface area contributed by atoms with Gasteiger partial charge in [0.2, 0.25) is 10.0 Å². The largest absolute Gasteiger partial charge is 0.348 e. The molecular weight excluding hydrogens is 330 g/mol. The van der Waals surface area contributed by atoms with Crippen molar-refractivity contribution in [2.24, 2.45) is 11.8 Å². The highest BCUT2D eigenvalue weighted by atomic mass is 32.2. The highest BCUT2D eigenvalue weighted by molar-refractivity contribution is 7.89. The number of benzene rings is 1. The molecule has 0 aliphatic carbocycles. The maximum absolute atomic E-state index is 12.2. The minimum absolute atomic E-state index is 0.260. The van der Waals surface area contributed by atoms with Crippen LogP contribution in [0, 0.1) is 11.8 Å². The summed E-state index contributed by atoms with van der Waals surface area (Å²) >= 11 is 5.51. The van der Waals surface area contributed by atoms with E-state index in [0.29, 0.717) is 22.6 Å². The van der Waals surface area contributed by atoms with Crippen LogP contribution in [0.3, 0.4) is 0 Å². The molecule has 2 atom stereocenters. The fourth-order valence-electron chi connectivity index (χ4n) is 2.98. The van der Waals surface area contributed by atoms with Crippen molar-refractivity contribution in [3.8, 4) is 0 Å². The fraction of sp³-hybridized carbons (Fsp3) is 0.562. The lowest BCUT2D eigenvalue weighted by Gasteiger charge is -2.36. The van der Waals surface area contributed by atoms with E-state index in [1.807, 2.05) is 6.07 Å². The van der Waals surface area contributed by atoms with Gasteiger partial charge in [-0.25, -0.2) is 12.7 Å². The Hall–Kier alpha value is -1.18. The van der Waals surface area contributed by atoms with Crippen molar-refractivity contribution in [2.45, 2.75) is 25.2 Å². The van der Waals surface area contributed by atoms with E-state index in [2.05, 4.69) is 24.1 Å². The van der Waals surface area contributed by atoms with E-state index in [1.165, 1.54) is 24.8 Å². The van der Waals surface area contributed by atoms with Crippen LogP contribution in [-0.2, 0) is 10.0 Å². The van der Waals surface area contributed by atoms with Crippen molar-refractivity contribution >= 4 is 33.0 Å². The fourth-order valence-corrected chi connectivity index (χ4v) is 4.19. The molecule has 1 saturated heterocycles. The molecule has 0 aromatic heterocycles. The number of hydrogen-bond donors (Lipinski definition) is 1. The van der Waals surface area contributed by atoms with Gasteiger partial charge >= 0.3 is 0 Å². The summed E-state index contributed by atoms with van der Waals surface area (Å²) in [7, 11) is -0.392. The van der Waals surface area contributed by atoms with Crippen LogP contribution in [0.4, 0.5) is 5.69 Å². The van der Waals surface area contributed by atoms with Crippen molar-refractivity contribution in [1.82, 2.24) is 9.21 Å². The Bertz CT molecular complexity index is 664. The van der Waals surface area contributed by atoms with Gasteiger partial charge in [-0.1, -0.05) is 19.9 Å². The molecule has 1 N–H and O–H groups in total. The van der Waals surface area contributed by atoms with Crippen LogP contribution < -0.4 is 5.32 Å². The van der Waals surface area contributed by atoms with Crippen molar-refractivity contribution in [3.63, 3.8) is 0 Å². The summed E-state index contributed by atoms with van der Waals surface area (Å²) in [6.07, 6.45) is 1.22. The zero-order valence-corrected chi connectivity index (χ0v) is 15.7. The molecule has 1 fully saturated rings. The molecule has 5 nitrogen and oxygen atoms in total. The Balaban J connectivity index is 2.13. The first-order valence-corrected chi connectivity index (χ1v) is 9.63. The first-order chi connectivity index (χ1) is 10.7. The van der Waals surface area contributed by atoms with E-state index in [1.54, 1.807) is 18.2 Å². The second kappa shape index (κ2) is 7.15. The molecule has 1 aromatic rings. The van der Waals surface area contributed by atoms with Crippen molar-refractivity contribution in [1.29, 1.82) is 0 Å². The van der Waals surface area contributed by atoms with Crippen LogP contribution in [0.2, 0.25) is 0 Å². The quantitative estimate of drug-likeness (QED) is 0.845. The molecule has 23 heavy (non-hydrogen) atoms. The monoisotopic (exact) mass is 355 g/mol. The lowest BCUT2D eigenvalue weighted by atomic mass is 9.92. The van der Waals surface area contributed by atoms with Crippen LogP contribution in [0.1, 0.15) is 20.3 Å². The van der Waals surface area contributed by atoms with Gasteiger partial charge in [-0.2, -0.15) is 0 Å². The summed E-state index contributed by atoms with van der Waals surface area (Å²) in [5, 5.41) is 3.83. The van der Waals surface area contributed by atoms with Crippen LogP contribution in [0.5, 0.6) is 0 Å². The van der Waals surface area contributed by atoms with Crippen molar-refractivity contribution in [2.75, 3.05) is 32.5 Å². The molecule has 0 amide bonds. The van der Waals surface area contributed by atoms with Crippen molar-refractivity contribution < 1.29 is 8.42 Å². The average molecular weight is 356 g/mol. The summed E-state index contributed by atoms with van der Waals surface area (Å²) < 4.78 is 25.6. The van der Waals surface area contributed by atoms with Gasteiger partial charge < -0.3 is 10.2 Å². The maximum atomic E-state index is 12.2. The zero-order valence-electron chi connectivity index (χ0n) is 14.1. The Morgan fingerprint density at radius 2 is 1.87 bits per heavy atom. The van der Waals surface area contributed by atoms with Gasteiger partial charge in [0, 0.05) is 32.9 Å². The topological polar surface area (TPSA) is 52.7 Å². The molecule has 0 spiro atoms. The Labute approximate surface area is 144 Å². The minimum Gasteiger partial charge on any atom is -0.348 e. The predicted molar refractivity (Wildman–Crippen MR) is 98.1 cm³/mol. The lowest BCUT2D eigenvalue weighted by molar-refractivity contribution is 0.216. The van der Waals surface area contributed by atoms with Gasteiger partial charge in [0.25, 0.3) is 0 Å². The number of nitrogens with zero attached hydrogens (tertiary/aromatic N) is 2. The maximum Gasteiger partial charge on any atom is 0.242 e. The summed E-state index contributed by atoms with van der Waals surface area (Å²) in [5.41, 5.74) is 0.698. The van der Waals surface area contributed by atoms with Crippen LogP contribution in [0.15, 0.2) is 29.2 Å². The molecule has 0 saturated carbocycles. The van der Waals surface area contributed by atoms with Gasteiger partial charge in [-0.15, -0.1) is 0 Å². The molecular formula is C16H25N3O2S2. The summed E-state index contributed by atoms with van der Waals surface area (Å²) in [5.74, 6) is 1.22. The second-order valence-corrected chi connectivity index (χ2v) is 9.13. The third-order valence-corrected chi connectivity index (χ3v) is 6.19. The molecule has 7 heteroatoms. The minimum atomic E-state index is -3.44. The van der Waals surface area contributed by atoms with Crippen LogP contribution >= 0.6 is 12.2 Å². The molecule has 2 unspecified atom stereocenters. The van der Waals surface area contributed by atoms with Crippen LogP contribution in [-0.4, -0.2) is 49.9 Å². The molecule has 0 radical (unpaired) electrons. The SMILES string of the molecule is CC1CC(C)CN(C(=S)Nc2cccc(S(=O)(=O)N(C)C)c2)C1. The molecule has 1 heterocycles. The van der Waals surface area contributed by atoms with Gasteiger partial charge in [-0.3, -0.25) is 0 Å². The average Bonchev–Trinajstić information content (AvgIpc) is 2.46. The molecule has 1 aromatic carbocycles. The second-order valence-electron chi connectivity index (χ2n) is 6.60. The Morgan fingerprint density at radius 3 is 2.43 bits per heavy atom. The molecule has 1 aliphatic heterocycles. The third kappa shape index (κ3) is 4.43. The third-order valence-electron chi connectivity index (χ3n) is 4.02. The van der Waals surface area contributed by atoms with Crippen molar-refractivity contribution in [3.05, 3.63) is 24.3 Å². The number of sulfonamides is 1. The summed E-state index contributed by atoms with van der Waals surface area (Å²) in [6.45, 7) is 6.34. The molecule has 128 valence electrons. The molecule has 1 aliphatic rings. The highest BCUT2D eigenvalue weighted by Gasteiger charge is 2.24. The van der Waals surface area contributed by atoms with E-state index < -0.39 is 10.0 Å². The number of rotatable bonds is 3. The number of likely N-dealkylation sites (tertiary alicyclic amines) is 1. The Morgan fingerprint density at radius 1 is 1.26 bits per heavy atom. The molecule has 0 bridgehead atoms. The highest BCUT2D eigenvalue weighted by Crippen LogP contribution is 2.23. The number of hydrogen-bond acceptors (Lipinski definition) is 3. The smallest absolute Gasteiger partial charge is 0.242 e. The van der Waals surface area contributed by atoms with Crippen LogP contribution in [0.25, 0.3) is 0 Å². The lowest BCUT2D eigenvalue weighted by Crippen LogP contribution is -2.44. The summed E-state index contributed by atoms with van der Waals surface area (Å²) in [6, 6.07) is 6.77.